The van der Waals surface area contributed by atoms with Crippen LogP contribution in [0.15, 0.2) is 34.4 Å². The highest BCUT2D eigenvalue weighted by molar-refractivity contribution is 7.99. The molecule has 1 aromatic heterocycles. The Bertz CT molecular complexity index is 575. The van der Waals surface area contributed by atoms with Gasteiger partial charge in [0.1, 0.15) is 17.2 Å². The van der Waals surface area contributed by atoms with Crippen molar-refractivity contribution in [3.63, 3.8) is 0 Å². The molecule has 0 unspecified atom stereocenters. The molecule has 0 saturated heterocycles. The summed E-state index contributed by atoms with van der Waals surface area (Å²) >= 11 is 1.27. The molecule has 0 amide bonds. The molecule has 94 valence electrons. The molecule has 0 bridgehead atoms. The second-order valence-electron chi connectivity index (χ2n) is 3.58. The molecule has 2 aromatic rings. The SMILES string of the molecule is CNc1ncnc(Sc2ccc(F)c(F)c2)c1C. The maximum absolute atomic E-state index is 13.1. The highest BCUT2D eigenvalue weighted by atomic mass is 32.2. The summed E-state index contributed by atoms with van der Waals surface area (Å²) in [5.74, 6) is -0.995. The van der Waals surface area contributed by atoms with Crippen molar-refractivity contribution in [3.8, 4) is 0 Å². The van der Waals surface area contributed by atoms with Crippen molar-refractivity contribution in [1.29, 1.82) is 0 Å². The van der Waals surface area contributed by atoms with Crippen LogP contribution < -0.4 is 5.32 Å². The summed E-state index contributed by atoms with van der Waals surface area (Å²) in [4.78, 5) is 8.79. The fourth-order valence-corrected chi connectivity index (χ4v) is 2.31. The van der Waals surface area contributed by atoms with Gasteiger partial charge < -0.3 is 5.32 Å². The van der Waals surface area contributed by atoms with Crippen molar-refractivity contribution < 1.29 is 8.78 Å². The van der Waals surface area contributed by atoms with Crippen LogP contribution in [-0.4, -0.2) is 17.0 Å². The number of hydrogen-bond acceptors (Lipinski definition) is 4. The third kappa shape index (κ3) is 2.59. The highest BCUT2D eigenvalue weighted by Crippen LogP contribution is 2.31. The minimum absolute atomic E-state index is 0.595. The number of rotatable bonds is 3. The zero-order valence-corrected chi connectivity index (χ0v) is 10.7. The van der Waals surface area contributed by atoms with Crippen molar-refractivity contribution in [2.75, 3.05) is 12.4 Å². The Hall–Kier alpha value is -1.69. The molecule has 0 radical (unpaired) electrons. The van der Waals surface area contributed by atoms with Gasteiger partial charge in [-0.2, -0.15) is 0 Å². The molecule has 3 nitrogen and oxygen atoms in total. The van der Waals surface area contributed by atoms with E-state index in [0.717, 1.165) is 23.5 Å². The van der Waals surface area contributed by atoms with E-state index in [1.165, 1.54) is 24.2 Å². The fraction of sp³-hybridized carbons (Fsp3) is 0.167. The van der Waals surface area contributed by atoms with Gasteiger partial charge >= 0.3 is 0 Å². The number of hydrogen-bond donors (Lipinski definition) is 1. The van der Waals surface area contributed by atoms with Crippen molar-refractivity contribution in [2.45, 2.75) is 16.8 Å². The number of benzene rings is 1. The van der Waals surface area contributed by atoms with Crippen LogP contribution >= 0.6 is 11.8 Å². The molecule has 0 saturated carbocycles. The third-order valence-corrected chi connectivity index (χ3v) is 3.47. The molecule has 18 heavy (non-hydrogen) atoms. The van der Waals surface area contributed by atoms with Crippen LogP contribution in [0.4, 0.5) is 14.6 Å². The summed E-state index contributed by atoms with van der Waals surface area (Å²) in [7, 11) is 1.77. The molecular formula is C12H11F2N3S. The molecule has 0 spiro atoms. The van der Waals surface area contributed by atoms with Crippen molar-refractivity contribution in [1.82, 2.24) is 9.97 Å². The zero-order valence-electron chi connectivity index (χ0n) is 9.87. The molecule has 0 aliphatic heterocycles. The molecule has 0 aliphatic rings. The maximum Gasteiger partial charge on any atom is 0.159 e. The summed E-state index contributed by atoms with van der Waals surface area (Å²) in [6, 6.07) is 3.78. The smallest absolute Gasteiger partial charge is 0.159 e. The first-order valence-electron chi connectivity index (χ1n) is 5.24. The van der Waals surface area contributed by atoms with Gasteiger partial charge in [-0.25, -0.2) is 18.7 Å². The molecule has 0 fully saturated rings. The summed E-state index contributed by atoms with van der Waals surface area (Å²) in [5, 5.41) is 3.65. The summed E-state index contributed by atoms with van der Waals surface area (Å²) < 4.78 is 25.9. The third-order valence-electron chi connectivity index (χ3n) is 2.38. The Kier molecular flexibility index (Phi) is 3.76. The lowest BCUT2D eigenvalue weighted by molar-refractivity contribution is 0.506. The normalized spacial score (nSPS) is 10.4. The van der Waals surface area contributed by atoms with E-state index in [9.17, 15) is 8.78 Å². The van der Waals surface area contributed by atoms with Crippen LogP contribution in [0.25, 0.3) is 0 Å². The van der Waals surface area contributed by atoms with Gasteiger partial charge in [-0.3, -0.25) is 0 Å². The van der Waals surface area contributed by atoms with Gasteiger partial charge in [-0.05, 0) is 25.1 Å². The lowest BCUT2D eigenvalue weighted by Gasteiger charge is -2.08. The second kappa shape index (κ2) is 5.30. The number of halogens is 2. The Balaban J connectivity index is 2.31. The Morgan fingerprint density at radius 1 is 1.17 bits per heavy atom. The lowest BCUT2D eigenvalue weighted by Crippen LogP contribution is -1.98. The fourth-order valence-electron chi connectivity index (χ4n) is 1.44. The van der Waals surface area contributed by atoms with Crippen LogP contribution in [0.5, 0.6) is 0 Å². The van der Waals surface area contributed by atoms with Gasteiger partial charge in [0.15, 0.2) is 11.6 Å². The van der Waals surface area contributed by atoms with Gasteiger partial charge in [0.2, 0.25) is 0 Å². The van der Waals surface area contributed by atoms with E-state index in [4.69, 9.17) is 0 Å². The van der Waals surface area contributed by atoms with E-state index in [0.29, 0.717) is 9.92 Å². The van der Waals surface area contributed by atoms with E-state index in [-0.39, 0.29) is 0 Å². The zero-order chi connectivity index (χ0) is 13.1. The van der Waals surface area contributed by atoms with E-state index >= 15 is 0 Å². The van der Waals surface area contributed by atoms with Crippen LogP contribution in [0.3, 0.4) is 0 Å². The van der Waals surface area contributed by atoms with E-state index < -0.39 is 11.6 Å². The molecule has 6 heteroatoms. The maximum atomic E-state index is 13.1. The standard InChI is InChI=1S/C12H11F2N3S/c1-7-11(15-2)16-6-17-12(7)18-8-3-4-9(13)10(14)5-8/h3-6H,1-2H3,(H,15,16,17). The highest BCUT2D eigenvalue weighted by Gasteiger charge is 2.09. The number of nitrogens with zero attached hydrogens (tertiary/aromatic N) is 2. The molecular weight excluding hydrogens is 256 g/mol. The number of anilines is 1. The average Bonchev–Trinajstić information content (AvgIpc) is 2.36. The van der Waals surface area contributed by atoms with Crippen LogP contribution in [0.1, 0.15) is 5.56 Å². The van der Waals surface area contributed by atoms with Crippen molar-refractivity contribution in [3.05, 3.63) is 41.7 Å². The number of nitrogens with one attached hydrogen (secondary N) is 1. The summed E-state index contributed by atoms with van der Waals surface area (Å²) in [5.41, 5.74) is 0.870. The van der Waals surface area contributed by atoms with Crippen LogP contribution in [-0.2, 0) is 0 Å². The first-order chi connectivity index (χ1) is 8.61. The van der Waals surface area contributed by atoms with Gasteiger partial charge in [0, 0.05) is 17.5 Å². The first kappa shape index (κ1) is 12.8. The molecule has 1 heterocycles. The monoisotopic (exact) mass is 267 g/mol. The van der Waals surface area contributed by atoms with Gasteiger partial charge in [-0.15, -0.1) is 0 Å². The van der Waals surface area contributed by atoms with Crippen molar-refractivity contribution >= 4 is 17.6 Å². The van der Waals surface area contributed by atoms with E-state index in [1.807, 2.05) is 6.92 Å². The largest absolute Gasteiger partial charge is 0.373 e. The average molecular weight is 267 g/mol. The van der Waals surface area contributed by atoms with Gasteiger partial charge in [0.25, 0.3) is 0 Å². The van der Waals surface area contributed by atoms with Crippen LogP contribution in [0, 0.1) is 18.6 Å². The minimum atomic E-state index is -0.861. The quantitative estimate of drug-likeness (QED) is 0.866. The van der Waals surface area contributed by atoms with E-state index in [1.54, 1.807) is 7.05 Å². The molecule has 2 rings (SSSR count). The Morgan fingerprint density at radius 3 is 2.61 bits per heavy atom. The van der Waals surface area contributed by atoms with Gasteiger partial charge in [0.05, 0.1) is 0 Å². The Morgan fingerprint density at radius 2 is 1.94 bits per heavy atom. The molecule has 0 aliphatic carbocycles. The second-order valence-corrected chi connectivity index (χ2v) is 4.64. The minimum Gasteiger partial charge on any atom is -0.373 e. The molecule has 1 aromatic carbocycles. The summed E-state index contributed by atoms with van der Waals surface area (Å²) in [6.45, 7) is 1.87. The first-order valence-corrected chi connectivity index (χ1v) is 6.05. The van der Waals surface area contributed by atoms with Crippen molar-refractivity contribution in [2.24, 2.45) is 0 Å². The topological polar surface area (TPSA) is 37.8 Å². The van der Waals surface area contributed by atoms with Crippen LogP contribution in [0.2, 0.25) is 0 Å². The van der Waals surface area contributed by atoms with E-state index in [2.05, 4.69) is 15.3 Å². The predicted molar refractivity (Wildman–Crippen MR) is 66.8 cm³/mol. The predicted octanol–water partition coefficient (Wildman–Crippen LogP) is 3.26. The molecule has 0 atom stereocenters. The lowest BCUT2D eigenvalue weighted by atomic mass is 10.3. The number of aromatic nitrogens is 2. The molecule has 1 N–H and O–H groups in total. The Labute approximate surface area is 108 Å². The summed E-state index contributed by atoms with van der Waals surface area (Å²) in [6.07, 6.45) is 1.43. The van der Waals surface area contributed by atoms with Gasteiger partial charge in [-0.1, -0.05) is 11.8 Å².